The molecule has 0 rings (SSSR count). The van der Waals surface area contributed by atoms with Gasteiger partial charge in [0, 0.05) is 0 Å². The van der Waals surface area contributed by atoms with Crippen LogP contribution >= 0.6 is 0 Å². The third-order valence-corrected chi connectivity index (χ3v) is 1.15. The van der Waals surface area contributed by atoms with Gasteiger partial charge in [-0.3, -0.25) is 10.2 Å². The van der Waals surface area contributed by atoms with Crippen LogP contribution in [0.15, 0.2) is 0 Å². The summed E-state index contributed by atoms with van der Waals surface area (Å²) < 4.78 is 30.2. The lowest BCUT2D eigenvalue weighted by Gasteiger charge is -2.23. The third-order valence-electron chi connectivity index (χ3n) is 1.15. The largest absolute Gasteiger partial charge is 0.369 e. The smallest absolute Gasteiger partial charge is 0.348 e. The summed E-state index contributed by atoms with van der Waals surface area (Å²) in [6, 6.07) is 0. The average molecular weight is 196 g/mol. The number of halogens is 2. The van der Waals surface area contributed by atoms with Gasteiger partial charge in [0.1, 0.15) is 6.61 Å². The van der Waals surface area contributed by atoms with Crippen LogP contribution in [0.4, 0.5) is 8.78 Å². The maximum Gasteiger partial charge on any atom is 0.348 e. The van der Waals surface area contributed by atoms with E-state index in [1.54, 1.807) is 20.8 Å². The summed E-state index contributed by atoms with van der Waals surface area (Å²) in [4.78, 5) is 10.5. The molecule has 78 valence electrons. The molecule has 0 bridgehead atoms. The molecule has 0 saturated carbocycles. The predicted octanol–water partition coefficient (Wildman–Crippen LogP) is 0.427. The van der Waals surface area contributed by atoms with Crippen LogP contribution in [0.5, 0.6) is 0 Å². The van der Waals surface area contributed by atoms with Crippen LogP contribution < -0.4 is 11.3 Å². The van der Waals surface area contributed by atoms with E-state index in [0.29, 0.717) is 0 Å². The first-order valence-electron chi connectivity index (χ1n) is 3.72. The first-order valence-corrected chi connectivity index (χ1v) is 3.72. The maximum atomic E-state index is 12.7. The summed E-state index contributed by atoms with van der Waals surface area (Å²) >= 11 is 0. The minimum atomic E-state index is -3.58. The molecule has 0 heterocycles. The number of ether oxygens (including phenoxy) is 1. The number of alkyl halides is 2. The average Bonchev–Trinajstić information content (AvgIpc) is 1.98. The van der Waals surface area contributed by atoms with E-state index in [1.807, 2.05) is 0 Å². The number of rotatable bonds is 3. The van der Waals surface area contributed by atoms with Gasteiger partial charge >= 0.3 is 11.8 Å². The van der Waals surface area contributed by atoms with Gasteiger partial charge in [0.2, 0.25) is 0 Å². The Balaban J connectivity index is 4.11. The van der Waals surface area contributed by atoms with Crippen molar-refractivity contribution >= 4 is 5.91 Å². The van der Waals surface area contributed by atoms with E-state index in [0.717, 1.165) is 0 Å². The molecule has 0 aliphatic carbocycles. The Kier molecular flexibility index (Phi) is 3.74. The van der Waals surface area contributed by atoms with Crippen molar-refractivity contribution in [2.24, 2.45) is 5.84 Å². The zero-order valence-corrected chi connectivity index (χ0v) is 7.86. The molecule has 13 heavy (non-hydrogen) atoms. The van der Waals surface area contributed by atoms with Crippen LogP contribution in [-0.4, -0.2) is 24.0 Å². The molecule has 3 N–H and O–H groups in total. The van der Waals surface area contributed by atoms with Gasteiger partial charge in [0.05, 0.1) is 5.60 Å². The fourth-order valence-corrected chi connectivity index (χ4v) is 0.478. The molecule has 0 aliphatic rings. The molecule has 0 aromatic carbocycles. The fraction of sp³-hybridized carbons (Fsp3) is 0.857. The van der Waals surface area contributed by atoms with Crippen molar-refractivity contribution in [1.82, 2.24) is 5.43 Å². The highest BCUT2D eigenvalue weighted by Crippen LogP contribution is 2.17. The molecule has 1 amide bonds. The molecule has 0 aliphatic heterocycles. The third kappa shape index (κ3) is 4.74. The monoisotopic (exact) mass is 196 g/mol. The highest BCUT2D eigenvalue weighted by atomic mass is 19.3. The number of nitrogens with two attached hydrogens (primary N) is 1. The van der Waals surface area contributed by atoms with Crippen molar-refractivity contribution in [2.75, 3.05) is 6.61 Å². The van der Waals surface area contributed by atoms with Crippen LogP contribution in [-0.2, 0) is 9.53 Å². The van der Waals surface area contributed by atoms with Crippen LogP contribution in [0, 0.1) is 0 Å². The zero-order valence-electron chi connectivity index (χ0n) is 7.86. The lowest BCUT2D eigenvalue weighted by atomic mass is 10.2. The normalized spacial score (nSPS) is 12.8. The topological polar surface area (TPSA) is 64.3 Å². The number of hydrogen-bond donors (Lipinski definition) is 2. The maximum absolute atomic E-state index is 12.7. The van der Waals surface area contributed by atoms with E-state index in [1.165, 1.54) is 5.43 Å². The number of hydrazine groups is 1. The quantitative estimate of drug-likeness (QED) is 0.391. The minimum Gasteiger partial charge on any atom is -0.369 e. The van der Waals surface area contributed by atoms with Gasteiger partial charge in [-0.15, -0.1) is 0 Å². The Morgan fingerprint density at radius 2 is 1.92 bits per heavy atom. The van der Waals surface area contributed by atoms with Crippen molar-refractivity contribution in [1.29, 1.82) is 0 Å². The molecule has 0 aromatic heterocycles. The van der Waals surface area contributed by atoms with E-state index in [-0.39, 0.29) is 0 Å². The van der Waals surface area contributed by atoms with Gasteiger partial charge in [0.15, 0.2) is 0 Å². The molecule has 0 radical (unpaired) electrons. The van der Waals surface area contributed by atoms with E-state index >= 15 is 0 Å². The highest BCUT2D eigenvalue weighted by Gasteiger charge is 2.39. The van der Waals surface area contributed by atoms with Gasteiger partial charge in [-0.25, -0.2) is 5.84 Å². The van der Waals surface area contributed by atoms with Crippen LogP contribution in [0.1, 0.15) is 20.8 Å². The van der Waals surface area contributed by atoms with Crippen molar-refractivity contribution in [3.05, 3.63) is 0 Å². The molecule has 0 saturated heterocycles. The molecule has 0 atom stereocenters. The summed E-state index contributed by atoms with van der Waals surface area (Å²) in [5.41, 5.74) is 0.663. The van der Waals surface area contributed by atoms with Crippen molar-refractivity contribution < 1.29 is 18.3 Å². The predicted molar refractivity (Wildman–Crippen MR) is 43.0 cm³/mol. The number of carbonyl (C=O) groups is 1. The second-order valence-electron chi connectivity index (χ2n) is 3.58. The van der Waals surface area contributed by atoms with Crippen molar-refractivity contribution in [2.45, 2.75) is 32.3 Å². The second-order valence-corrected chi connectivity index (χ2v) is 3.58. The van der Waals surface area contributed by atoms with Gasteiger partial charge in [-0.2, -0.15) is 8.78 Å². The van der Waals surface area contributed by atoms with Crippen LogP contribution in [0.3, 0.4) is 0 Å². The van der Waals surface area contributed by atoms with Crippen LogP contribution in [0.2, 0.25) is 0 Å². The lowest BCUT2D eigenvalue weighted by Crippen LogP contribution is -2.47. The first kappa shape index (κ1) is 12.2. The van der Waals surface area contributed by atoms with E-state index in [9.17, 15) is 13.6 Å². The Hall–Kier alpha value is -0.750. The zero-order chi connectivity index (χ0) is 10.7. The van der Waals surface area contributed by atoms with Gasteiger partial charge in [-0.05, 0) is 20.8 Å². The SMILES string of the molecule is CC(C)(C)OCC(F)(F)C(=O)NN. The molecule has 0 unspecified atom stereocenters. The minimum absolute atomic E-state index is 0.710. The van der Waals surface area contributed by atoms with E-state index in [4.69, 9.17) is 4.74 Å². The summed E-state index contributed by atoms with van der Waals surface area (Å²) in [6.07, 6.45) is 0. The Labute approximate surface area is 75.4 Å². The summed E-state index contributed by atoms with van der Waals surface area (Å²) in [6.45, 7) is 3.87. The van der Waals surface area contributed by atoms with E-state index < -0.39 is 24.0 Å². The van der Waals surface area contributed by atoms with Gasteiger partial charge in [0.25, 0.3) is 0 Å². The molecule has 0 fully saturated rings. The molecule has 4 nitrogen and oxygen atoms in total. The van der Waals surface area contributed by atoms with Crippen LogP contribution in [0.25, 0.3) is 0 Å². The first-order chi connectivity index (χ1) is 5.69. The Bertz CT molecular complexity index is 189. The van der Waals surface area contributed by atoms with Gasteiger partial charge < -0.3 is 4.74 Å². The molecular formula is C7H14F2N2O2. The Morgan fingerprint density at radius 1 is 1.46 bits per heavy atom. The lowest BCUT2D eigenvalue weighted by molar-refractivity contribution is -0.163. The standard InChI is InChI=1S/C7H14F2N2O2/c1-6(2,3)13-4-7(8,9)5(12)11-10/h4,10H2,1-3H3,(H,11,12). The highest BCUT2D eigenvalue weighted by molar-refractivity contribution is 5.82. The molecular weight excluding hydrogens is 182 g/mol. The van der Waals surface area contributed by atoms with Crippen molar-refractivity contribution in [3.63, 3.8) is 0 Å². The molecule has 0 spiro atoms. The molecule has 6 heteroatoms. The number of nitrogens with one attached hydrogen (secondary N) is 1. The number of amides is 1. The van der Waals surface area contributed by atoms with E-state index in [2.05, 4.69) is 5.84 Å². The fourth-order valence-electron chi connectivity index (χ4n) is 0.478. The molecule has 0 aromatic rings. The second kappa shape index (κ2) is 3.97. The number of carbonyl (C=O) groups excluding carboxylic acids is 1. The summed E-state index contributed by atoms with van der Waals surface area (Å²) in [7, 11) is 0. The summed E-state index contributed by atoms with van der Waals surface area (Å²) in [5.74, 6) is -0.564. The number of hydrogen-bond acceptors (Lipinski definition) is 3. The Morgan fingerprint density at radius 3 is 2.23 bits per heavy atom. The summed E-state index contributed by atoms with van der Waals surface area (Å²) in [5, 5.41) is 0. The van der Waals surface area contributed by atoms with Gasteiger partial charge in [-0.1, -0.05) is 0 Å². The van der Waals surface area contributed by atoms with Crippen molar-refractivity contribution in [3.8, 4) is 0 Å².